The van der Waals surface area contributed by atoms with Crippen molar-refractivity contribution in [3.05, 3.63) is 0 Å². The van der Waals surface area contributed by atoms with Crippen LogP contribution < -0.4 is 5.32 Å². The molecule has 3 nitrogen and oxygen atoms in total. The van der Waals surface area contributed by atoms with Crippen molar-refractivity contribution in [3.63, 3.8) is 0 Å². The molecule has 0 spiro atoms. The Labute approximate surface area is 113 Å². The van der Waals surface area contributed by atoms with Gasteiger partial charge in [-0.05, 0) is 66.1 Å². The number of rotatable bonds is 8. The Hall–Kier alpha value is -0.120. The second-order valence-corrected chi connectivity index (χ2v) is 6.45. The second kappa shape index (κ2) is 6.88. The molecule has 2 aliphatic rings. The van der Waals surface area contributed by atoms with Gasteiger partial charge in [-0.3, -0.25) is 4.90 Å². The lowest BCUT2D eigenvalue weighted by Crippen LogP contribution is -2.34. The van der Waals surface area contributed by atoms with E-state index in [1.54, 1.807) is 0 Å². The monoisotopic (exact) mass is 253 g/mol. The van der Waals surface area contributed by atoms with Crippen LogP contribution in [-0.2, 0) is 0 Å². The number of hydrogen-bond donors (Lipinski definition) is 1. The third-order valence-electron chi connectivity index (χ3n) is 4.54. The minimum absolute atomic E-state index is 0.680. The summed E-state index contributed by atoms with van der Waals surface area (Å²) in [5.41, 5.74) is 0. The summed E-state index contributed by atoms with van der Waals surface area (Å²) in [6.45, 7) is 9.61. The molecule has 0 aromatic carbocycles. The van der Waals surface area contributed by atoms with Gasteiger partial charge in [-0.1, -0.05) is 0 Å². The number of likely N-dealkylation sites (tertiary alicyclic amines) is 1. The highest BCUT2D eigenvalue weighted by atomic mass is 15.2. The lowest BCUT2D eigenvalue weighted by Gasteiger charge is -2.21. The van der Waals surface area contributed by atoms with Crippen LogP contribution >= 0.6 is 0 Å². The molecule has 1 N–H and O–H groups in total. The Morgan fingerprint density at radius 2 is 2.00 bits per heavy atom. The Morgan fingerprint density at radius 3 is 2.67 bits per heavy atom. The van der Waals surface area contributed by atoms with Crippen LogP contribution in [0.4, 0.5) is 0 Å². The Kier molecular flexibility index (Phi) is 5.46. The molecule has 1 aliphatic heterocycles. The molecule has 0 aromatic rings. The summed E-state index contributed by atoms with van der Waals surface area (Å²) in [5.74, 6) is 0. The fourth-order valence-corrected chi connectivity index (χ4v) is 2.78. The van der Waals surface area contributed by atoms with Gasteiger partial charge in [0.25, 0.3) is 0 Å². The molecular weight excluding hydrogens is 222 g/mol. The third kappa shape index (κ3) is 4.52. The predicted molar refractivity (Wildman–Crippen MR) is 78.0 cm³/mol. The van der Waals surface area contributed by atoms with Crippen LogP contribution in [0.5, 0.6) is 0 Å². The molecule has 2 rings (SSSR count). The Morgan fingerprint density at radius 1 is 1.22 bits per heavy atom. The summed E-state index contributed by atoms with van der Waals surface area (Å²) in [7, 11) is 2.22. The van der Waals surface area contributed by atoms with E-state index in [4.69, 9.17) is 0 Å². The molecule has 0 aromatic heterocycles. The summed E-state index contributed by atoms with van der Waals surface area (Å²) in [6, 6.07) is 2.41. The first-order valence-electron chi connectivity index (χ1n) is 7.84. The van der Waals surface area contributed by atoms with Gasteiger partial charge in [0.1, 0.15) is 0 Å². The summed E-state index contributed by atoms with van der Waals surface area (Å²) >= 11 is 0. The fourth-order valence-electron chi connectivity index (χ4n) is 2.78. The highest BCUT2D eigenvalue weighted by molar-refractivity contribution is 4.91. The van der Waals surface area contributed by atoms with Crippen molar-refractivity contribution in [2.75, 3.05) is 33.2 Å². The molecular formula is C15H31N3. The molecule has 1 saturated carbocycles. The standard InChI is InChI=1S/C15H31N3/c1-13(2)17(3)10-5-4-9-16-14-8-11-18(12-14)15-6-7-15/h13-16H,4-12H2,1-3H3. The van der Waals surface area contributed by atoms with Gasteiger partial charge in [-0.15, -0.1) is 0 Å². The fraction of sp³-hybridized carbons (Fsp3) is 1.00. The van der Waals surface area contributed by atoms with Gasteiger partial charge < -0.3 is 10.2 Å². The Bertz CT molecular complexity index is 238. The van der Waals surface area contributed by atoms with E-state index in [1.807, 2.05) is 0 Å². The van der Waals surface area contributed by atoms with Crippen molar-refractivity contribution in [1.82, 2.24) is 15.1 Å². The van der Waals surface area contributed by atoms with Crippen LogP contribution in [-0.4, -0.2) is 61.2 Å². The summed E-state index contributed by atoms with van der Waals surface area (Å²) < 4.78 is 0. The van der Waals surface area contributed by atoms with E-state index in [2.05, 4.69) is 36.0 Å². The summed E-state index contributed by atoms with van der Waals surface area (Å²) in [5, 5.41) is 3.74. The van der Waals surface area contributed by atoms with E-state index < -0.39 is 0 Å². The number of hydrogen-bond acceptors (Lipinski definition) is 3. The zero-order valence-electron chi connectivity index (χ0n) is 12.5. The van der Waals surface area contributed by atoms with Gasteiger partial charge in [-0.25, -0.2) is 0 Å². The molecule has 1 unspecified atom stereocenters. The van der Waals surface area contributed by atoms with Crippen LogP contribution in [0.3, 0.4) is 0 Å². The van der Waals surface area contributed by atoms with Crippen LogP contribution in [0, 0.1) is 0 Å². The molecule has 1 heterocycles. The molecule has 106 valence electrons. The minimum atomic E-state index is 0.680. The molecule has 2 fully saturated rings. The van der Waals surface area contributed by atoms with Crippen LogP contribution in [0.2, 0.25) is 0 Å². The van der Waals surface area contributed by atoms with Gasteiger partial charge in [-0.2, -0.15) is 0 Å². The van der Waals surface area contributed by atoms with Gasteiger partial charge in [0.05, 0.1) is 0 Å². The zero-order valence-corrected chi connectivity index (χ0v) is 12.5. The SMILES string of the molecule is CC(C)N(C)CCCCNC1CCN(C2CC2)C1. The second-order valence-electron chi connectivity index (χ2n) is 6.45. The number of unbranched alkanes of at least 4 members (excludes halogenated alkanes) is 1. The smallest absolute Gasteiger partial charge is 0.0207 e. The maximum absolute atomic E-state index is 3.74. The average molecular weight is 253 g/mol. The van der Waals surface area contributed by atoms with Crippen molar-refractivity contribution < 1.29 is 0 Å². The first-order chi connectivity index (χ1) is 8.66. The molecule has 1 aliphatic carbocycles. The highest BCUT2D eigenvalue weighted by Crippen LogP contribution is 2.29. The third-order valence-corrected chi connectivity index (χ3v) is 4.54. The molecule has 0 radical (unpaired) electrons. The molecule has 1 saturated heterocycles. The molecule has 0 amide bonds. The van der Waals surface area contributed by atoms with Gasteiger partial charge in [0, 0.05) is 31.2 Å². The van der Waals surface area contributed by atoms with Crippen molar-refractivity contribution in [2.24, 2.45) is 0 Å². The maximum Gasteiger partial charge on any atom is 0.0207 e. The quantitative estimate of drug-likeness (QED) is 0.667. The molecule has 0 bridgehead atoms. The van der Waals surface area contributed by atoms with Crippen LogP contribution in [0.1, 0.15) is 46.0 Å². The first-order valence-corrected chi connectivity index (χ1v) is 7.84. The lowest BCUT2D eigenvalue weighted by atomic mass is 10.2. The van der Waals surface area contributed by atoms with E-state index >= 15 is 0 Å². The van der Waals surface area contributed by atoms with Crippen LogP contribution in [0.15, 0.2) is 0 Å². The van der Waals surface area contributed by atoms with Crippen molar-refractivity contribution in [2.45, 2.75) is 64.1 Å². The normalized spacial score (nSPS) is 25.5. The van der Waals surface area contributed by atoms with Crippen molar-refractivity contribution in [3.8, 4) is 0 Å². The van der Waals surface area contributed by atoms with E-state index in [0.29, 0.717) is 6.04 Å². The Balaban J connectivity index is 1.46. The number of nitrogens with one attached hydrogen (secondary N) is 1. The molecule has 3 heteroatoms. The largest absolute Gasteiger partial charge is 0.313 e. The van der Waals surface area contributed by atoms with E-state index in [0.717, 1.165) is 12.1 Å². The first kappa shape index (κ1) is 14.3. The van der Waals surface area contributed by atoms with Gasteiger partial charge in [0.15, 0.2) is 0 Å². The predicted octanol–water partition coefficient (Wildman–Crippen LogP) is 1.93. The highest BCUT2D eigenvalue weighted by Gasteiger charge is 2.33. The van der Waals surface area contributed by atoms with Gasteiger partial charge in [0.2, 0.25) is 0 Å². The van der Waals surface area contributed by atoms with E-state index in [-0.39, 0.29) is 0 Å². The van der Waals surface area contributed by atoms with Gasteiger partial charge >= 0.3 is 0 Å². The lowest BCUT2D eigenvalue weighted by molar-refractivity contribution is 0.267. The topological polar surface area (TPSA) is 18.5 Å². The summed E-state index contributed by atoms with van der Waals surface area (Å²) in [6.07, 6.45) is 6.91. The molecule has 1 atom stereocenters. The van der Waals surface area contributed by atoms with E-state index in [9.17, 15) is 0 Å². The van der Waals surface area contributed by atoms with Crippen molar-refractivity contribution in [1.29, 1.82) is 0 Å². The average Bonchev–Trinajstić information content (AvgIpc) is 3.09. The number of nitrogens with zero attached hydrogens (tertiary/aromatic N) is 2. The van der Waals surface area contributed by atoms with Crippen LogP contribution in [0.25, 0.3) is 0 Å². The zero-order chi connectivity index (χ0) is 13.0. The van der Waals surface area contributed by atoms with Crippen molar-refractivity contribution >= 4 is 0 Å². The van der Waals surface area contributed by atoms with E-state index in [1.165, 1.54) is 58.3 Å². The molecule has 18 heavy (non-hydrogen) atoms. The maximum atomic E-state index is 3.74. The minimum Gasteiger partial charge on any atom is -0.313 e. The summed E-state index contributed by atoms with van der Waals surface area (Å²) in [4.78, 5) is 5.12.